The summed E-state index contributed by atoms with van der Waals surface area (Å²) >= 11 is 0. The highest BCUT2D eigenvalue weighted by Gasteiger charge is 2.54. The van der Waals surface area contributed by atoms with Gasteiger partial charge in [-0.25, -0.2) is 4.79 Å². The van der Waals surface area contributed by atoms with Gasteiger partial charge in [-0.15, -0.1) is 0 Å². The molecule has 2 fully saturated rings. The van der Waals surface area contributed by atoms with E-state index in [-0.39, 0.29) is 26.4 Å². The second-order valence-corrected chi connectivity index (χ2v) is 12.7. The minimum absolute atomic E-state index is 0.0161. The number of esters is 2. The van der Waals surface area contributed by atoms with Crippen molar-refractivity contribution in [2.75, 3.05) is 20.3 Å². The zero-order valence-electron chi connectivity index (χ0n) is 30.3. The summed E-state index contributed by atoms with van der Waals surface area (Å²) in [7, 11) is 1.37. The lowest BCUT2D eigenvalue weighted by molar-refractivity contribution is -0.354. The van der Waals surface area contributed by atoms with Crippen LogP contribution in [0.15, 0.2) is 91.0 Å². The van der Waals surface area contributed by atoms with Crippen LogP contribution in [0.3, 0.4) is 0 Å². The molecule has 3 aromatic carbocycles. The van der Waals surface area contributed by atoms with Gasteiger partial charge in [-0.2, -0.15) is 0 Å². The Balaban J connectivity index is 1.49. The van der Waals surface area contributed by atoms with E-state index in [9.17, 15) is 24.6 Å². The van der Waals surface area contributed by atoms with Crippen molar-refractivity contribution in [2.45, 2.75) is 95.0 Å². The summed E-state index contributed by atoms with van der Waals surface area (Å²) in [6.45, 7) is 1.43. The molecule has 0 spiro atoms. The molecule has 3 N–H and O–H groups in total. The Morgan fingerprint density at radius 2 is 1.20 bits per heavy atom. The number of nitrogens with one attached hydrogen (secondary N) is 1. The van der Waals surface area contributed by atoms with Gasteiger partial charge >= 0.3 is 18.0 Å². The first kappa shape index (κ1) is 40.7. The summed E-state index contributed by atoms with van der Waals surface area (Å²) in [6, 6.07) is 26.3. The van der Waals surface area contributed by atoms with E-state index in [2.05, 4.69) is 5.32 Å². The summed E-state index contributed by atoms with van der Waals surface area (Å²) in [5.41, 5.74) is 2.31. The Kier molecular flexibility index (Phi) is 15.3. The van der Waals surface area contributed by atoms with Gasteiger partial charge in [-0.1, -0.05) is 91.0 Å². The largest absolute Gasteiger partial charge is 0.463 e. The zero-order chi connectivity index (χ0) is 38.5. The normalized spacial score (nSPS) is 28.1. The first-order valence-electron chi connectivity index (χ1n) is 17.5. The molecule has 0 unspecified atom stereocenters. The molecule has 10 atom stereocenters. The fraction of sp³-hybridized carbons (Fsp3) is 0.462. The van der Waals surface area contributed by atoms with Crippen molar-refractivity contribution < 1.29 is 67.2 Å². The van der Waals surface area contributed by atoms with Crippen molar-refractivity contribution in [2.24, 2.45) is 0 Å². The van der Waals surface area contributed by atoms with Gasteiger partial charge in [0.2, 0.25) is 0 Å². The minimum Gasteiger partial charge on any atom is -0.463 e. The van der Waals surface area contributed by atoms with Crippen molar-refractivity contribution >= 4 is 18.0 Å². The third-order valence-electron chi connectivity index (χ3n) is 8.79. The second-order valence-electron chi connectivity index (χ2n) is 12.7. The van der Waals surface area contributed by atoms with Crippen LogP contribution in [0.1, 0.15) is 30.5 Å². The minimum atomic E-state index is -1.50. The Bertz CT molecular complexity index is 1600. The number of carbonyl (C=O) groups excluding carboxylic acids is 3. The van der Waals surface area contributed by atoms with Gasteiger partial charge in [0.15, 0.2) is 18.7 Å². The Labute approximate surface area is 313 Å². The Morgan fingerprint density at radius 3 is 1.72 bits per heavy atom. The number of rotatable bonds is 16. The molecule has 15 nitrogen and oxygen atoms in total. The third kappa shape index (κ3) is 11.3. The summed E-state index contributed by atoms with van der Waals surface area (Å²) in [6.07, 6.45) is -12.3. The number of hydrogen-bond donors (Lipinski definition) is 3. The summed E-state index contributed by atoms with van der Waals surface area (Å²) in [5, 5.41) is 24.3. The van der Waals surface area contributed by atoms with Crippen LogP contribution in [0.25, 0.3) is 0 Å². The second kappa shape index (κ2) is 20.3. The van der Waals surface area contributed by atoms with E-state index in [0.717, 1.165) is 16.7 Å². The fourth-order valence-electron chi connectivity index (χ4n) is 6.20. The highest BCUT2D eigenvalue weighted by atomic mass is 16.8. The van der Waals surface area contributed by atoms with E-state index in [4.69, 9.17) is 42.6 Å². The summed E-state index contributed by atoms with van der Waals surface area (Å²) in [4.78, 5) is 37.9. The van der Waals surface area contributed by atoms with E-state index < -0.39 is 86.0 Å². The number of alkyl carbamates (subject to hydrolysis) is 1. The van der Waals surface area contributed by atoms with Gasteiger partial charge in [-0.05, 0) is 16.7 Å². The molecular formula is C39H47NO14. The molecule has 2 aliphatic rings. The van der Waals surface area contributed by atoms with Crippen LogP contribution in [0, 0.1) is 0 Å². The zero-order valence-corrected chi connectivity index (χ0v) is 30.3. The molecule has 15 heteroatoms. The molecule has 54 heavy (non-hydrogen) atoms. The molecule has 2 heterocycles. The lowest BCUT2D eigenvalue weighted by Crippen LogP contribution is -2.68. The highest BCUT2D eigenvalue weighted by Crippen LogP contribution is 2.34. The SMILES string of the molecule is CO[C@H]1O[C@H](COC(C)=O)[C@@H](O[C@@H]2O[C@@H](CO)[C@@H](O)[C@H](OCc3ccccc3)[C@H]2OC(C)=O)[C@H](OCc2ccccc2)[C@H]1NC(=O)OCc1ccccc1. The van der Waals surface area contributed by atoms with Gasteiger partial charge in [0.25, 0.3) is 0 Å². The Morgan fingerprint density at radius 1 is 0.667 bits per heavy atom. The fourth-order valence-corrected chi connectivity index (χ4v) is 6.20. The van der Waals surface area contributed by atoms with Crippen LogP contribution >= 0.6 is 0 Å². The van der Waals surface area contributed by atoms with Crippen LogP contribution in [0.5, 0.6) is 0 Å². The number of benzene rings is 3. The lowest BCUT2D eigenvalue weighted by atomic mass is 9.95. The molecule has 1 amide bonds. The predicted octanol–water partition coefficient (Wildman–Crippen LogP) is 2.78. The maximum Gasteiger partial charge on any atom is 0.407 e. The first-order chi connectivity index (χ1) is 26.2. The van der Waals surface area contributed by atoms with Gasteiger partial charge in [-0.3, -0.25) is 9.59 Å². The van der Waals surface area contributed by atoms with E-state index in [1.165, 1.54) is 21.0 Å². The molecular weight excluding hydrogens is 706 g/mol. The van der Waals surface area contributed by atoms with E-state index in [1.54, 1.807) is 12.1 Å². The van der Waals surface area contributed by atoms with Crippen LogP contribution in [-0.4, -0.2) is 110 Å². The van der Waals surface area contributed by atoms with Crippen molar-refractivity contribution in [3.8, 4) is 0 Å². The van der Waals surface area contributed by atoms with Gasteiger partial charge in [0, 0.05) is 21.0 Å². The van der Waals surface area contributed by atoms with Crippen molar-refractivity contribution in [1.82, 2.24) is 5.32 Å². The molecule has 0 saturated carbocycles. The standard InChI is InChI=1S/C39H47NO14/c1-24(42)47-23-30-33(54-38-36(51-25(2)43)35(32(44)29(19-41)52-38)49-21-27-15-9-5-10-16-27)34(48-20-26-13-7-4-8-14-26)31(37(46-3)53-30)40-39(45)50-22-28-17-11-6-12-18-28/h4-18,29-38,41,44H,19-23H2,1-3H3,(H,40,45)/t29-,30+,31+,32+,33+,34+,35-,36+,37-,38-/m0/s1. The predicted molar refractivity (Wildman–Crippen MR) is 188 cm³/mol. The lowest BCUT2D eigenvalue weighted by Gasteiger charge is -2.49. The number of methoxy groups -OCH3 is 1. The quantitative estimate of drug-likeness (QED) is 0.143. The maximum absolute atomic E-state index is 13.3. The average molecular weight is 754 g/mol. The average Bonchev–Trinajstić information content (AvgIpc) is 3.18. The molecule has 3 aromatic rings. The van der Waals surface area contributed by atoms with Crippen LogP contribution in [-0.2, 0) is 72.0 Å². The van der Waals surface area contributed by atoms with Crippen LogP contribution in [0.4, 0.5) is 4.79 Å². The highest BCUT2D eigenvalue weighted by molar-refractivity contribution is 5.68. The number of hydrogen-bond acceptors (Lipinski definition) is 14. The molecule has 0 aliphatic carbocycles. The molecule has 2 aliphatic heterocycles. The van der Waals surface area contributed by atoms with Crippen molar-refractivity contribution in [3.63, 3.8) is 0 Å². The molecule has 5 rings (SSSR count). The van der Waals surface area contributed by atoms with Gasteiger partial charge in [0.1, 0.15) is 55.9 Å². The van der Waals surface area contributed by atoms with E-state index >= 15 is 0 Å². The van der Waals surface area contributed by atoms with E-state index in [1.807, 2.05) is 78.9 Å². The molecule has 0 radical (unpaired) electrons. The van der Waals surface area contributed by atoms with Gasteiger partial charge in [0.05, 0.1) is 19.8 Å². The number of ether oxygens (including phenoxy) is 9. The molecule has 0 aromatic heterocycles. The first-order valence-corrected chi connectivity index (χ1v) is 17.5. The van der Waals surface area contributed by atoms with Crippen LogP contribution < -0.4 is 5.32 Å². The monoisotopic (exact) mass is 753 g/mol. The smallest absolute Gasteiger partial charge is 0.407 e. The maximum atomic E-state index is 13.3. The topological polar surface area (TPSA) is 187 Å². The Hall–Kier alpha value is -4.45. The van der Waals surface area contributed by atoms with Crippen molar-refractivity contribution in [1.29, 1.82) is 0 Å². The number of carbonyl (C=O) groups is 3. The third-order valence-corrected chi connectivity index (χ3v) is 8.79. The molecule has 292 valence electrons. The number of amides is 1. The molecule has 2 saturated heterocycles. The van der Waals surface area contributed by atoms with Gasteiger partial charge < -0.3 is 58.2 Å². The number of aliphatic hydroxyl groups is 2. The number of aliphatic hydroxyl groups excluding tert-OH is 2. The summed E-state index contributed by atoms with van der Waals surface area (Å²) in [5.74, 6) is -1.34. The van der Waals surface area contributed by atoms with E-state index in [0.29, 0.717) is 0 Å². The molecule has 0 bridgehead atoms. The summed E-state index contributed by atoms with van der Waals surface area (Å²) < 4.78 is 53.8. The van der Waals surface area contributed by atoms with Crippen LogP contribution in [0.2, 0.25) is 0 Å². The van der Waals surface area contributed by atoms with Crippen molar-refractivity contribution in [3.05, 3.63) is 108 Å².